The second-order valence-corrected chi connectivity index (χ2v) is 15.7. The summed E-state index contributed by atoms with van der Waals surface area (Å²) in [6, 6.07) is 11.8. The third kappa shape index (κ3) is 7.62. The molecule has 266 valence electrons. The Morgan fingerprint density at radius 2 is 1.92 bits per heavy atom. The van der Waals surface area contributed by atoms with Gasteiger partial charge < -0.3 is 29.2 Å². The van der Waals surface area contributed by atoms with Crippen LogP contribution in [0, 0.1) is 17.2 Å². The molecule has 0 saturated carbocycles. The summed E-state index contributed by atoms with van der Waals surface area (Å²) in [6.07, 6.45) is 0.287. The fourth-order valence-electron chi connectivity index (χ4n) is 6.02. The molecule has 3 aromatic rings. The van der Waals surface area contributed by atoms with E-state index in [0.717, 1.165) is 18.4 Å². The molecule has 0 amide bonds. The predicted octanol–water partition coefficient (Wildman–Crippen LogP) is 5.41. The minimum Gasteiger partial charge on any atom is -0.464 e. The van der Waals surface area contributed by atoms with Crippen molar-refractivity contribution in [3.63, 3.8) is 0 Å². The van der Waals surface area contributed by atoms with Gasteiger partial charge in [0.1, 0.15) is 48.0 Å². The van der Waals surface area contributed by atoms with Crippen molar-refractivity contribution < 1.29 is 37.4 Å². The van der Waals surface area contributed by atoms with E-state index in [1.165, 1.54) is 17.8 Å². The van der Waals surface area contributed by atoms with Crippen LogP contribution >= 0.6 is 7.75 Å². The molecule has 1 aromatic carbocycles. The summed E-state index contributed by atoms with van der Waals surface area (Å²) in [5, 5.41) is 17.8. The SMILES string of the molecule is CCC(CC)COC(=O)[C@H](C)NP(=O)(OC[C@H]1O[C@@](C#N)(c2ccc3c(N)ncnn23)[C@@H]2OC(C)(C)O[C@@H]21)Oc1cccc(C(C)(C)C)c1. The number of aromatic nitrogens is 3. The molecule has 0 aliphatic carbocycles. The average Bonchev–Trinajstić information content (AvgIpc) is 3.71. The number of ether oxygens (including phenoxy) is 4. The van der Waals surface area contributed by atoms with E-state index in [1.807, 2.05) is 40.7 Å². The van der Waals surface area contributed by atoms with Crippen LogP contribution in [-0.2, 0) is 43.8 Å². The lowest BCUT2D eigenvalue weighted by atomic mass is 9.87. The van der Waals surface area contributed by atoms with Crippen LogP contribution in [0.1, 0.15) is 79.5 Å². The van der Waals surface area contributed by atoms with Crippen molar-refractivity contribution in [1.29, 1.82) is 5.26 Å². The highest BCUT2D eigenvalue weighted by Gasteiger charge is 2.65. The molecule has 15 heteroatoms. The van der Waals surface area contributed by atoms with Crippen LogP contribution in [0.3, 0.4) is 0 Å². The molecule has 3 N–H and O–H groups in total. The van der Waals surface area contributed by atoms with Crippen LogP contribution in [0.25, 0.3) is 5.52 Å². The van der Waals surface area contributed by atoms with Crippen LogP contribution in [-0.4, -0.2) is 63.9 Å². The van der Waals surface area contributed by atoms with Crippen molar-refractivity contribution in [1.82, 2.24) is 19.7 Å². The Labute approximate surface area is 287 Å². The van der Waals surface area contributed by atoms with Gasteiger partial charge in [0.15, 0.2) is 11.6 Å². The third-order valence-corrected chi connectivity index (χ3v) is 10.6. The molecule has 2 aliphatic heterocycles. The lowest BCUT2D eigenvalue weighted by molar-refractivity contribution is -0.204. The van der Waals surface area contributed by atoms with Gasteiger partial charge in [0.25, 0.3) is 0 Å². The first-order valence-corrected chi connectivity index (χ1v) is 18.1. The highest BCUT2D eigenvalue weighted by molar-refractivity contribution is 7.52. The zero-order valence-corrected chi connectivity index (χ0v) is 30.2. The Kier molecular flexibility index (Phi) is 10.5. The van der Waals surface area contributed by atoms with Gasteiger partial charge >= 0.3 is 13.7 Å². The van der Waals surface area contributed by atoms with Gasteiger partial charge in [-0.15, -0.1) is 0 Å². The number of hydrogen-bond acceptors (Lipinski definition) is 12. The fourth-order valence-corrected chi connectivity index (χ4v) is 7.52. The second kappa shape index (κ2) is 14.0. The molecule has 2 saturated heterocycles. The molecule has 5 rings (SSSR count). The summed E-state index contributed by atoms with van der Waals surface area (Å²) >= 11 is 0. The Hall–Kier alpha value is -3.57. The molecular weight excluding hydrogens is 651 g/mol. The zero-order valence-electron chi connectivity index (χ0n) is 29.3. The maximum absolute atomic E-state index is 14.6. The number of nitrogens with one attached hydrogen (secondary N) is 1. The van der Waals surface area contributed by atoms with E-state index < -0.39 is 49.5 Å². The van der Waals surface area contributed by atoms with Gasteiger partial charge in [-0.2, -0.15) is 15.4 Å². The number of esters is 1. The van der Waals surface area contributed by atoms with Crippen molar-refractivity contribution in [2.24, 2.45) is 5.92 Å². The number of rotatable bonds is 13. The molecule has 0 radical (unpaired) electrons. The molecule has 2 aromatic heterocycles. The predicted molar refractivity (Wildman–Crippen MR) is 180 cm³/mol. The summed E-state index contributed by atoms with van der Waals surface area (Å²) in [5.41, 5.74) is 5.91. The molecular formula is C34H47N6O8P. The highest BCUT2D eigenvalue weighted by atomic mass is 31.2. The number of nitrogens with zero attached hydrogens (tertiary/aromatic N) is 4. The molecule has 49 heavy (non-hydrogen) atoms. The van der Waals surface area contributed by atoms with E-state index in [1.54, 1.807) is 44.2 Å². The third-order valence-electron chi connectivity index (χ3n) is 8.92. The van der Waals surface area contributed by atoms with Gasteiger partial charge in [0.05, 0.1) is 18.9 Å². The Balaban J connectivity index is 1.44. The molecule has 2 aliphatic rings. The van der Waals surface area contributed by atoms with E-state index in [-0.39, 0.29) is 36.1 Å². The summed E-state index contributed by atoms with van der Waals surface area (Å²) in [4.78, 5) is 17.1. The van der Waals surface area contributed by atoms with Crippen molar-refractivity contribution >= 4 is 25.1 Å². The summed E-state index contributed by atoms with van der Waals surface area (Å²) < 4.78 is 52.6. The van der Waals surface area contributed by atoms with Gasteiger partial charge in [-0.3, -0.25) is 9.32 Å². The number of carbonyl (C=O) groups is 1. The first kappa shape index (κ1) is 36.7. The van der Waals surface area contributed by atoms with Crippen LogP contribution in [0.5, 0.6) is 5.75 Å². The van der Waals surface area contributed by atoms with Crippen molar-refractivity contribution in [3.8, 4) is 11.8 Å². The number of nitrogens with two attached hydrogens (primary N) is 1. The number of carbonyl (C=O) groups excluding carboxylic acids is 1. The number of fused-ring (bicyclic) bond motifs is 2. The lowest BCUT2D eigenvalue weighted by Crippen LogP contribution is -2.40. The minimum absolute atomic E-state index is 0.210. The smallest absolute Gasteiger partial charge is 0.459 e. The maximum atomic E-state index is 14.6. The zero-order chi connectivity index (χ0) is 35.8. The quantitative estimate of drug-likeness (QED) is 0.171. The average molecular weight is 699 g/mol. The van der Waals surface area contributed by atoms with E-state index in [4.69, 9.17) is 33.7 Å². The molecule has 14 nitrogen and oxygen atoms in total. The number of hydrogen-bond donors (Lipinski definition) is 2. The standard InChI is InChI=1S/C34H47N6O8P/c1-9-22(10-2)17-43-31(41)21(3)39-49(42,48-24-13-11-12-23(16-24)32(4,5)6)44-18-26-28-29(47-33(7,8)46-28)34(19-35,45-26)27-15-14-25-30(36)37-20-38-40(25)27/h11-16,20-22,26,28-29H,9-10,17-18H2,1-8H3,(H,39,42)(H2,36,37,38)/t21-,26+,28+,29+,34-,49?/m0/s1. The molecule has 1 unspecified atom stereocenters. The fraction of sp³-hybridized carbons (Fsp3) is 0.588. The van der Waals surface area contributed by atoms with Crippen LogP contribution < -0.4 is 15.3 Å². The minimum atomic E-state index is -4.31. The number of nitriles is 1. The van der Waals surface area contributed by atoms with Gasteiger partial charge in [0.2, 0.25) is 5.60 Å². The van der Waals surface area contributed by atoms with Crippen molar-refractivity contribution in [3.05, 3.63) is 54.0 Å². The lowest BCUT2D eigenvalue weighted by Gasteiger charge is -2.29. The number of anilines is 1. The molecule has 4 heterocycles. The molecule has 0 bridgehead atoms. The van der Waals surface area contributed by atoms with Gasteiger partial charge in [0, 0.05) is 0 Å². The van der Waals surface area contributed by atoms with E-state index in [0.29, 0.717) is 11.2 Å². The normalized spacial score (nSPS) is 25.1. The maximum Gasteiger partial charge on any atom is 0.459 e. The largest absolute Gasteiger partial charge is 0.464 e. The first-order valence-electron chi connectivity index (χ1n) is 16.6. The second-order valence-electron chi connectivity index (χ2n) is 14.0. The monoisotopic (exact) mass is 698 g/mol. The van der Waals surface area contributed by atoms with Gasteiger partial charge in [-0.05, 0) is 61.9 Å². The number of nitrogen functional groups attached to an aromatic ring is 1. The summed E-state index contributed by atoms with van der Waals surface area (Å²) in [5.74, 6) is -0.976. The van der Waals surface area contributed by atoms with Crippen LogP contribution in [0.2, 0.25) is 0 Å². The Morgan fingerprint density at radius 1 is 1.18 bits per heavy atom. The van der Waals surface area contributed by atoms with E-state index >= 15 is 0 Å². The van der Waals surface area contributed by atoms with Crippen molar-refractivity contribution in [2.45, 2.75) is 109 Å². The summed E-state index contributed by atoms with van der Waals surface area (Å²) in [7, 11) is -4.31. The Bertz CT molecular complexity index is 1750. The van der Waals surface area contributed by atoms with Crippen LogP contribution in [0.15, 0.2) is 42.7 Å². The molecule has 6 atom stereocenters. The topological polar surface area (TPSA) is 182 Å². The Morgan fingerprint density at radius 3 is 2.59 bits per heavy atom. The van der Waals surface area contributed by atoms with Gasteiger partial charge in [-0.1, -0.05) is 59.6 Å². The number of benzene rings is 1. The first-order chi connectivity index (χ1) is 23.0. The van der Waals surface area contributed by atoms with Crippen LogP contribution in [0.4, 0.5) is 5.82 Å². The summed E-state index contributed by atoms with van der Waals surface area (Å²) in [6.45, 7) is 15.1. The highest BCUT2D eigenvalue weighted by Crippen LogP contribution is 2.52. The molecule has 0 spiro atoms. The van der Waals surface area contributed by atoms with E-state index in [9.17, 15) is 14.6 Å². The molecule has 2 fully saturated rings. The van der Waals surface area contributed by atoms with Crippen molar-refractivity contribution in [2.75, 3.05) is 18.9 Å². The van der Waals surface area contributed by atoms with Gasteiger partial charge in [-0.25, -0.2) is 14.1 Å². The van der Waals surface area contributed by atoms with E-state index in [2.05, 4.69) is 21.2 Å².